The maximum atomic E-state index is 12.6. The zero-order chi connectivity index (χ0) is 26.0. The van der Waals surface area contributed by atoms with Crippen molar-refractivity contribution in [1.29, 1.82) is 0 Å². The Hall–Kier alpha value is -3.14. The zero-order valence-electron chi connectivity index (χ0n) is 20.8. The summed E-state index contributed by atoms with van der Waals surface area (Å²) in [5.41, 5.74) is -1.78. The summed E-state index contributed by atoms with van der Waals surface area (Å²) in [7, 11) is 0. The molecule has 10 heteroatoms. The smallest absolute Gasteiger partial charge is 0.477 e. The van der Waals surface area contributed by atoms with Crippen molar-refractivity contribution in [1.82, 2.24) is 5.32 Å². The van der Waals surface area contributed by atoms with Crippen molar-refractivity contribution in [3.63, 3.8) is 0 Å². The van der Waals surface area contributed by atoms with E-state index < -0.39 is 29.8 Å². The van der Waals surface area contributed by atoms with Crippen LogP contribution in [-0.4, -0.2) is 47.0 Å². The van der Waals surface area contributed by atoms with Crippen LogP contribution in [0.15, 0.2) is 18.2 Å². The van der Waals surface area contributed by atoms with Gasteiger partial charge < -0.3 is 24.1 Å². The molecule has 1 fully saturated rings. The highest BCUT2D eigenvalue weighted by Crippen LogP contribution is 2.31. The van der Waals surface area contributed by atoms with Gasteiger partial charge in [-0.05, 0) is 57.2 Å². The summed E-state index contributed by atoms with van der Waals surface area (Å²) >= 11 is 0. The highest BCUT2D eigenvalue weighted by Gasteiger charge is 2.45. The van der Waals surface area contributed by atoms with Crippen LogP contribution in [0.2, 0.25) is 0 Å². The molecule has 35 heavy (non-hydrogen) atoms. The third-order valence-corrected chi connectivity index (χ3v) is 5.43. The molecule has 1 aliphatic rings. The maximum Gasteiger partial charge on any atom is 0.510 e. The molecule has 0 radical (unpaired) electrons. The Bertz CT molecular complexity index is 908. The van der Waals surface area contributed by atoms with E-state index in [0.29, 0.717) is 18.4 Å². The number of ether oxygens (including phenoxy) is 4. The van der Waals surface area contributed by atoms with Crippen molar-refractivity contribution >= 4 is 24.1 Å². The fourth-order valence-electron chi connectivity index (χ4n) is 3.75. The van der Waals surface area contributed by atoms with Gasteiger partial charge in [0.25, 0.3) is 5.72 Å². The number of carbonyl (C=O) groups excluding carboxylic acids is 3. The Balaban J connectivity index is 2.35. The van der Waals surface area contributed by atoms with Gasteiger partial charge in [-0.2, -0.15) is 0 Å². The summed E-state index contributed by atoms with van der Waals surface area (Å²) < 4.78 is 21.3. The fraction of sp³-hybridized carbons (Fsp3) is 0.600. The summed E-state index contributed by atoms with van der Waals surface area (Å²) in [6, 6.07) is 3.94. The molecule has 2 N–H and O–H groups in total. The first-order valence-electron chi connectivity index (χ1n) is 12.0. The Kier molecular flexibility index (Phi) is 10.5. The number of benzene rings is 1. The van der Waals surface area contributed by atoms with Gasteiger partial charge in [-0.3, -0.25) is 14.9 Å². The van der Waals surface area contributed by atoms with Crippen molar-refractivity contribution in [3.05, 3.63) is 23.8 Å². The van der Waals surface area contributed by atoms with E-state index in [1.165, 1.54) is 18.2 Å². The molecule has 1 atom stereocenters. The van der Waals surface area contributed by atoms with Gasteiger partial charge in [-0.15, -0.1) is 0 Å². The van der Waals surface area contributed by atoms with E-state index in [2.05, 4.69) is 5.32 Å². The van der Waals surface area contributed by atoms with Crippen LogP contribution < -0.4 is 14.8 Å². The third kappa shape index (κ3) is 8.54. The third-order valence-electron chi connectivity index (χ3n) is 5.43. The number of carboxylic acid groups (broad SMARTS) is 1. The molecule has 1 saturated carbocycles. The van der Waals surface area contributed by atoms with Gasteiger partial charge in [0.05, 0.1) is 0 Å². The van der Waals surface area contributed by atoms with E-state index in [4.69, 9.17) is 18.9 Å². The second-order valence-electron chi connectivity index (χ2n) is 8.77. The molecule has 0 aliphatic heterocycles. The molecule has 10 nitrogen and oxygen atoms in total. The highest BCUT2D eigenvalue weighted by atomic mass is 16.7. The number of aliphatic carboxylic acids is 1. The SMILES string of the molecule is CCC(=O)Oc1ccc(C[C@](NC(C)C)(OC(=O)OC2CCCCC2)C(=O)O)cc1OC(=O)CC. The number of carboxylic acids is 1. The van der Waals surface area contributed by atoms with Crippen molar-refractivity contribution in [2.45, 2.75) is 96.9 Å². The van der Waals surface area contributed by atoms with Crippen LogP contribution in [0.25, 0.3) is 0 Å². The number of hydrogen-bond acceptors (Lipinski definition) is 9. The second-order valence-corrected chi connectivity index (χ2v) is 8.77. The minimum Gasteiger partial charge on any atom is -0.477 e. The van der Waals surface area contributed by atoms with Crippen LogP contribution in [0.1, 0.15) is 78.2 Å². The summed E-state index contributed by atoms with van der Waals surface area (Å²) in [6.07, 6.45) is 2.84. The lowest BCUT2D eigenvalue weighted by atomic mass is 9.98. The topological polar surface area (TPSA) is 137 Å². The van der Waals surface area contributed by atoms with Crippen LogP contribution in [0.3, 0.4) is 0 Å². The molecule has 0 bridgehead atoms. The summed E-state index contributed by atoms with van der Waals surface area (Å²) in [5, 5.41) is 12.9. The van der Waals surface area contributed by atoms with E-state index in [1.807, 2.05) is 0 Å². The number of hydrogen-bond donors (Lipinski definition) is 2. The van der Waals surface area contributed by atoms with Gasteiger partial charge in [0.2, 0.25) is 0 Å². The molecule has 0 aromatic heterocycles. The number of rotatable bonds is 11. The molecule has 0 spiro atoms. The van der Waals surface area contributed by atoms with Gasteiger partial charge >= 0.3 is 24.1 Å². The van der Waals surface area contributed by atoms with Crippen LogP contribution in [0.5, 0.6) is 11.5 Å². The number of carbonyl (C=O) groups is 4. The van der Waals surface area contributed by atoms with Crippen LogP contribution >= 0.6 is 0 Å². The summed E-state index contributed by atoms with van der Waals surface area (Å²) in [5.74, 6) is -2.52. The van der Waals surface area contributed by atoms with E-state index in [0.717, 1.165) is 19.3 Å². The predicted octanol–water partition coefficient (Wildman–Crippen LogP) is 4.12. The largest absolute Gasteiger partial charge is 0.510 e. The van der Waals surface area contributed by atoms with Crippen molar-refractivity contribution in [2.75, 3.05) is 0 Å². The van der Waals surface area contributed by atoms with E-state index in [9.17, 15) is 24.3 Å². The van der Waals surface area contributed by atoms with Gasteiger partial charge in [-0.25, -0.2) is 9.59 Å². The van der Waals surface area contributed by atoms with Crippen molar-refractivity contribution in [2.24, 2.45) is 0 Å². The molecule has 0 saturated heterocycles. The molecule has 0 heterocycles. The molecule has 1 aliphatic carbocycles. The van der Waals surface area contributed by atoms with Gasteiger partial charge in [0.1, 0.15) is 6.10 Å². The average molecular weight is 494 g/mol. The van der Waals surface area contributed by atoms with E-state index in [-0.39, 0.29) is 42.9 Å². The van der Waals surface area contributed by atoms with Crippen LogP contribution in [0, 0.1) is 0 Å². The minimum absolute atomic E-state index is 0.0257. The zero-order valence-corrected chi connectivity index (χ0v) is 20.8. The molecule has 2 rings (SSSR count). The lowest BCUT2D eigenvalue weighted by Gasteiger charge is -2.32. The van der Waals surface area contributed by atoms with E-state index >= 15 is 0 Å². The first kappa shape index (κ1) is 28.1. The Morgan fingerprint density at radius 1 is 1.00 bits per heavy atom. The average Bonchev–Trinajstić information content (AvgIpc) is 2.80. The van der Waals surface area contributed by atoms with Gasteiger partial charge in [-0.1, -0.05) is 26.3 Å². The van der Waals surface area contributed by atoms with E-state index in [1.54, 1.807) is 27.7 Å². The summed E-state index contributed by atoms with van der Waals surface area (Å²) in [6.45, 7) is 6.67. The standard InChI is InChI=1S/C25H35NO9/c1-5-21(27)33-19-13-12-17(14-20(19)34-22(28)6-2)15-25(23(29)30,26-16(3)4)35-24(31)32-18-10-8-7-9-11-18/h12-14,16,18,26H,5-11,15H2,1-4H3,(H,29,30)/t25-/m0/s1. The van der Waals surface area contributed by atoms with Crippen LogP contribution in [0.4, 0.5) is 4.79 Å². The Morgan fingerprint density at radius 3 is 2.14 bits per heavy atom. The lowest BCUT2D eigenvalue weighted by Crippen LogP contribution is -2.59. The first-order chi connectivity index (χ1) is 16.6. The molecule has 1 aromatic carbocycles. The summed E-state index contributed by atoms with van der Waals surface area (Å²) in [4.78, 5) is 48.7. The Labute approximate surface area is 205 Å². The maximum absolute atomic E-state index is 12.6. The Morgan fingerprint density at radius 2 is 1.60 bits per heavy atom. The van der Waals surface area contributed by atoms with Gasteiger partial charge in [0.15, 0.2) is 11.5 Å². The molecule has 0 amide bonds. The quantitative estimate of drug-likeness (QED) is 0.263. The molecule has 194 valence electrons. The number of esters is 2. The fourth-order valence-corrected chi connectivity index (χ4v) is 3.75. The molecular formula is C25H35NO9. The van der Waals surface area contributed by atoms with Gasteiger partial charge in [0, 0.05) is 25.3 Å². The monoisotopic (exact) mass is 493 g/mol. The van der Waals surface area contributed by atoms with Crippen LogP contribution in [-0.2, 0) is 30.3 Å². The van der Waals surface area contributed by atoms with Crippen molar-refractivity contribution in [3.8, 4) is 11.5 Å². The number of nitrogens with one attached hydrogen (secondary N) is 1. The predicted molar refractivity (Wildman–Crippen MR) is 125 cm³/mol. The molecule has 1 aromatic rings. The first-order valence-corrected chi connectivity index (χ1v) is 12.0. The lowest BCUT2D eigenvalue weighted by molar-refractivity contribution is -0.168. The highest BCUT2D eigenvalue weighted by molar-refractivity contribution is 5.81. The molecule has 0 unspecified atom stereocenters. The second kappa shape index (κ2) is 13.1. The van der Waals surface area contributed by atoms with Crippen molar-refractivity contribution < 1.29 is 43.2 Å². The normalized spacial score (nSPS) is 15.7. The molecular weight excluding hydrogens is 458 g/mol. The minimum atomic E-state index is -2.15.